The van der Waals surface area contributed by atoms with Gasteiger partial charge in [0.25, 0.3) is 5.91 Å². The van der Waals surface area contributed by atoms with Crippen molar-refractivity contribution < 1.29 is 14.3 Å². The maximum Gasteiger partial charge on any atom is 0.338 e. The van der Waals surface area contributed by atoms with Gasteiger partial charge in [-0.25, -0.2) is 9.78 Å². The van der Waals surface area contributed by atoms with Crippen molar-refractivity contribution in [3.63, 3.8) is 0 Å². The summed E-state index contributed by atoms with van der Waals surface area (Å²) in [5.74, 6) is -0.407. The summed E-state index contributed by atoms with van der Waals surface area (Å²) in [6.45, 7) is 4.11. The zero-order chi connectivity index (χ0) is 19.9. The minimum Gasteiger partial charge on any atom is -0.462 e. The summed E-state index contributed by atoms with van der Waals surface area (Å²) >= 11 is 1.54. The maximum atomic E-state index is 12.2. The van der Waals surface area contributed by atoms with Crippen molar-refractivity contribution in [2.45, 2.75) is 26.3 Å². The second-order valence-corrected chi connectivity index (χ2v) is 7.24. The number of benzene rings is 2. The monoisotopic (exact) mass is 394 g/mol. The molecule has 3 rings (SSSR count). The molecule has 1 heterocycles. The molecule has 1 atom stereocenters. The highest BCUT2D eigenvalue weighted by Crippen LogP contribution is 2.24. The van der Waals surface area contributed by atoms with E-state index < -0.39 is 0 Å². The Morgan fingerprint density at radius 1 is 1.07 bits per heavy atom. The van der Waals surface area contributed by atoms with Gasteiger partial charge in [0.15, 0.2) is 0 Å². The van der Waals surface area contributed by atoms with Gasteiger partial charge in [-0.1, -0.05) is 30.3 Å². The molecular weight excluding hydrogens is 372 g/mol. The third-order valence-electron chi connectivity index (χ3n) is 4.12. The third kappa shape index (κ3) is 5.04. The summed E-state index contributed by atoms with van der Waals surface area (Å²) in [4.78, 5) is 28.6. The van der Waals surface area contributed by atoms with E-state index in [-0.39, 0.29) is 17.9 Å². The summed E-state index contributed by atoms with van der Waals surface area (Å²) in [6, 6.07) is 16.4. The number of nitrogens with one attached hydrogen (secondary N) is 1. The predicted molar refractivity (Wildman–Crippen MR) is 111 cm³/mol. The van der Waals surface area contributed by atoms with Crippen molar-refractivity contribution >= 4 is 23.2 Å². The molecule has 3 aromatic rings. The van der Waals surface area contributed by atoms with Gasteiger partial charge in [-0.2, -0.15) is 0 Å². The fourth-order valence-electron chi connectivity index (χ4n) is 2.76. The summed E-state index contributed by atoms with van der Waals surface area (Å²) in [5, 5.41) is 5.88. The Bertz CT molecular complexity index is 936. The predicted octanol–water partition coefficient (Wildman–Crippen LogP) is 4.35. The van der Waals surface area contributed by atoms with E-state index in [4.69, 9.17) is 4.74 Å². The van der Waals surface area contributed by atoms with Crippen LogP contribution in [0.2, 0.25) is 0 Å². The lowest BCUT2D eigenvalue weighted by atomic mass is 10.1. The molecule has 2 aromatic carbocycles. The van der Waals surface area contributed by atoms with Crippen molar-refractivity contribution in [2.75, 3.05) is 6.61 Å². The zero-order valence-corrected chi connectivity index (χ0v) is 16.7. The minimum absolute atomic E-state index is 0.0335. The lowest BCUT2D eigenvalue weighted by molar-refractivity contribution is 0.0526. The normalized spacial score (nSPS) is 11.6. The van der Waals surface area contributed by atoms with Crippen molar-refractivity contribution in [3.8, 4) is 10.6 Å². The highest BCUT2D eigenvalue weighted by atomic mass is 32.1. The molecule has 0 saturated carbocycles. The number of esters is 1. The van der Waals surface area contributed by atoms with Crippen LogP contribution < -0.4 is 5.32 Å². The summed E-state index contributed by atoms with van der Waals surface area (Å²) in [5.41, 5.74) is 3.05. The number of carbonyl (C=O) groups excluding carboxylic acids is 2. The number of amides is 1. The van der Waals surface area contributed by atoms with Crippen molar-refractivity contribution in [2.24, 2.45) is 0 Å². The Morgan fingerprint density at radius 2 is 1.79 bits per heavy atom. The van der Waals surface area contributed by atoms with Crippen LogP contribution in [0.25, 0.3) is 10.6 Å². The number of ether oxygens (including phenoxy) is 1. The van der Waals surface area contributed by atoms with E-state index in [2.05, 4.69) is 10.3 Å². The molecular formula is C22H22N2O3S. The molecule has 1 amide bonds. The van der Waals surface area contributed by atoms with Crippen molar-refractivity contribution in [1.29, 1.82) is 0 Å². The van der Waals surface area contributed by atoms with E-state index in [1.807, 2.05) is 42.6 Å². The number of hydrogen-bond acceptors (Lipinski definition) is 5. The average Bonchev–Trinajstić information content (AvgIpc) is 3.17. The SMILES string of the molecule is CCOC(=O)c1ccc(-c2nc(CC(C)NC(=O)c3ccccc3)cs2)cc1. The molecule has 5 nitrogen and oxygen atoms in total. The highest BCUT2D eigenvalue weighted by molar-refractivity contribution is 7.13. The van der Waals surface area contributed by atoms with Gasteiger partial charge in [0, 0.05) is 29.0 Å². The smallest absolute Gasteiger partial charge is 0.338 e. The maximum absolute atomic E-state index is 12.2. The van der Waals surface area contributed by atoms with Crippen LogP contribution in [0.4, 0.5) is 0 Å². The Hall–Kier alpha value is -2.99. The quantitative estimate of drug-likeness (QED) is 0.605. The van der Waals surface area contributed by atoms with Gasteiger partial charge in [0.05, 0.1) is 17.9 Å². The summed E-state index contributed by atoms with van der Waals surface area (Å²) in [7, 11) is 0. The van der Waals surface area contributed by atoms with E-state index in [0.717, 1.165) is 16.3 Å². The molecule has 0 bridgehead atoms. The first-order valence-corrected chi connectivity index (χ1v) is 10.0. The first-order valence-electron chi connectivity index (χ1n) is 9.14. The van der Waals surface area contributed by atoms with E-state index in [1.54, 1.807) is 42.5 Å². The Labute approximate surface area is 168 Å². The number of hydrogen-bond donors (Lipinski definition) is 1. The Morgan fingerprint density at radius 3 is 2.46 bits per heavy atom. The fourth-order valence-corrected chi connectivity index (χ4v) is 3.60. The molecule has 0 aliphatic heterocycles. The van der Waals surface area contributed by atoms with E-state index >= 15 is 0 Å². The van der Waals surface area contributed by atoms with Crippen molar-refractivity contribution in [1.82, 2.24) is 10.3 Å². The second kappa shape index (κ2) is 9.28. The van der Waals surface area contributed by atoms with Gasteiger partial charge in [0.2, 0.25) is 0 Å². The molecule has 0 radical (unpaired) electrons. The minimum atomic E-state index is -0.322. The van der Waals surface area contributed by atoms with Gasteiger partial charge < -0.3 is 10.1 Å². The molecule has 1 N–H and O–H groups in total. The third-order valence-corrected chi connectivity index (χ3v) is 5.06. The fraction of sp³-hybridized carbons (Fsp3) is 0.227. The number of nitrogens with zero attached hydrogens (tertiary/aromatic N) is 1. The van der Waals surface area contributed by atoms with E-state index in [0.29, 0.717) is 24.2 Å². The van der Waals surface area contributed by atoms with Crippen LogP contribution in [0.3, 0.4) is 0 Å². The van der Waals surface area contributed by atoms with Gasteiger partial charge in [-0.15, -0.1) is 11.3 Å². The average molecular weight is 394 g/mol. The molecule has 1 aromatic heterocycles. The van der Waals surface area contributed by atoms with Crippen LogP contribution in [0.15, 0.2) is 60.0 Å². The largest absolute Gasteiger partial charge is 0.462 e. The first-order chi connectivity index (χ1) is 13.6. The molecule has 0 aliphatic carbocycles. The molecule has 0 saturated heterocycles. The van der Waals surface area contributed by atoms with Crippen LogP contribution in [-0.4, -0.2) is 29.5 Å². The summed E-state index contributed by atoms with van der Waals surface area (Å²) < 4.78 is 5.00. The molecule has 1 unspecified atom stereocenters. The Kier molecular flexibility index (Phi) is 6.55. The summed E-state index contributed by atoms with van der Waals surface area (Å²) in [6.07, 6.45) is 0.649. The van der Waals surface area contributed by atoms with Gasteiger partial charge >= 0.3 is 5.97 Å². The second-order valence-electron chi connectivity index (χ2n) is 6.39. The van der Waals surface area contributed by atoms with Crippen molar-refractivity contribution in [3.05, 3.63) is 76.8 Å². The van der Waals surface area contributed by atoms with Crippen LogP contribution in [0.1, 0.15) is 40.3 Å². The first kappa shape index (κ1) is 19.8. The molecule has 28 heavy (non-hydrogen) atoms. The topological polar surface area (TPSA) is 68.3 Å². The number of aromatic nitrogens is 1. The lowest BCUT2D eigenvalue weighted by Crippen LogP contribution is -2.34. The number of rotatable bonds is 7. The van der Waals surface area contributed by atoms with Crippen LogP contribution >= 0.6 is 11.3 Å². The lowest BCUT2D eigenvalue weighted by Gasteiger charge is -2.12. The van der Waals surface area contributed by atoms with Crippen LogP contribution in [0, 0.1) is 0 Å². The van der Waals surface area contributed by atoms with E-state index in [1.165, 1.54) is 0 Å². The number of carbonyl (C=O) groups is 2. The van der Waals surface area contributed by atoms with Gasteiger partial charge in [0.1, 0.15) is 5.01 Å². The van der Waals surface area contributed by atoms with Gasteiger partial charge in [-0.3, -0.25) is 4.79 Å². The Balaban J connectivity index is 1.60. The number of thiazole rings is 1. The van der Waals surface area contributed by atoms with Crippen LogP contribution in [0.5, 0.6) is 0 Å². The standard InChI is InChI=1S/C22H22N2O3S/c1-3-27-22(26)18-11-9-17(10-12-18)21-24-19(14-28-21)13-15(2)23-20(25)16-7-5-4-6-8-16/h4-12,14-15H,3,13H2,1-2H3,(H,23,25). The van der Waals surface area contributed by atoms with E-state index in [9.17, 15) is 9.59 Å². The molecule has 6 heteroatoms. The highest BCUT2D eigenvalue weighted by Gasteiger charge is 2.13. The zero-order valence-electron chi connectivity index (χ0n) is 15.8. The molecule has 0 fully saturated rings. The molecule has 0 aliphatic rings. The van der Waals surface area contributed by atoms with Gasteiger partial charge in [-0.05, 0) is 38.1 Å². The van der Waals surface area contributed by atoms with Crippen LogP contribution in [-0.2, 0) is 11.2 Å². The molecule has 144 valence electrons. The molecule has 0 spiro atoms.